The van der Waals surface area contributed by atoms with Gasteiger partial charge in [-0.15, -0.1) is 0 Å². The van der Waals surface area contributed by atoms with Crippen LogP contribution in [-0.2, 0) is 14.8 Å². The Morgan fingerprint density at radius 3 is 2.35 bits per heavy atom. The van der Waals surface area contributed by atoms with Crippen molar-refractivity contribution in [3.05, 3.63) is 53.7 Å². The first kappa shape index (κ1) is 22.2. The SMILES string of the molecule is CC(C)(C)C(=O)Nc1ccc2c(S(=O)(=O)Nc3cc(F)c(C(=O)O)cc3F)c[nH]c2c1. The fourth-order valence-corrected chi connectivity index (χ4v) is 3.94. The van der Waals surface area contributed by atoms with Crippen LogP contribution >= 0.6 is 0 Å². The van der Waals surface area contributed by atoms with E-state index in [0.717, 1.165) is 0 Å². The van der Waals surface area contributed by atoms with Crippen LogP contribution in [0.3, 0.4) is 0 Å². The molecule has 0 saturated carbocycles. The zero-order chi connectivity index (χ0) is 23.1. The molecule has 0 fully saturated rings. The number of halogens is 2. The summed E-state index contributed by atoms with van der Waals surface area (Å²) >= 11 is 0. The molecule has 1 amide bonds. The summed E-state index contributed by atoms with van der Waals surface area (Å²) in [6, 6.07) is 5.38. The molecule has 8 nitrogen and oxygen atoms in total. The van der Waals surface area contributed by atoms with Crippen LogP contribution in [0.5, 0.6) is 0 Å². The van der Waals surface area contributed by atoms with Gasteiger partial charge in [0.25, 0.3) is 10.0 Å². The van der Waals surface area contributed by atoms with Gasteiger partial charge >= 0.3 is 5.97 Å². The fraction of sp³-hybridized carbons (Fsp3) is 0.200. The molecule has 0 aliphatic rings. The summed E-state index contributed by atoms with van der Waals surface area (Å²) in [6.45, 7) is 5.24. The van der Waals surface area contributed by atoms with Gasteiger partial charge in [-0.25, -0.2) is 22.0 Å². The van der Waals surface area contributed by atoms with Gasteiger partial charge in [-0.05, 0) is 24.3 Å². The van der Waals surface area contributed by atoms with Crippen molar-refractivity contribution in [2.24, 2.45) is 5.41 Å². The Labute approximate surface area is 176 Å². The number of aromatic amines is 1. The number of carbonyl (C=O) groups excluding carboxylic acids is 1. The maximum absolute atomic E-state index is 14.1. The molecular weight excluding hydrogens is 432 g/mol. The molecule has 0 aliphatic heterocycles. The van der Waals surface area contributed by atoms with Crippen LogP contribution in [0.4, 0.5) is 20.2 Å². The van der Waals surface area contributed by atoms with Crippen molar-refractivity contribution in [1.82, 2.24) is 4.98 Å². The number of carboxylic acid groups (broad SMARTS) is 1. The number of amides is 1. The van der Waals surface area contributed by atoms with Crippen molar-refractivity contribution < 1.29 is 31.9 Å². The standard InChI is InChI=1S/C20H19F2N3O5S/c1-20(2,3)19(28)24-10-4-5-11-15(6-10)23-9-17(11)31(29,30)25-16-8-13(21)12(18(26)27)7-14(16)22/h4-9,23,25H,1-3H3,(H,24,28)(H,26,27). The second kappa shape index (κ2) is 7.65. The highest BCUT2D eigenvalue weighted by atomic mass is 32.2. The summed E-state index contributed by atoms with van der Waals surface area (Å²) in [5, 5.41) is 11.8. The second-order valence-electron chi connectivity index (χ2n) is 7.84. The Balaban J connectivity index is 1.93. The molecule has 2 aromatic carbocycles. The minimum Gasteiger partial charge on any atom is -0.478 e. The molecule has 0 atom stereocenters. The summed E-state index contributed by atoms with van der Waals surface area (Å²) in [5.41, 5.74) is -1.44. The molecule has 1 heterocycles. The largest absolute Gasteiger partial charge is 0.478 e. The van der Waals surface area contributed by atoms with Gasteiger partial charge in [-0.3, -0.25) is 9.52 Å². The number of anilines is 2. The lowest BCUT2D eigenvalue weighted by atomic mass is 9.95. The summed E-state index contributed by atoms with van der Waals surface area (Å²) in [6.07, 6.45) is 1.17. The van der Waals surface area contributed by atoms with E-state index in [4.69, 9.17) is 5.11 Å². The van der Waals surface area contributed by atoms with Crippen LogP contribution < -0.4 is 10.0 Å². The van der Waals surface area contributed by atoms with Crippen molar-refractivity contribution in [3.63, 3.8) is 0 Å². The van der Waals surface area contributed by atoms with E-state index < -0.39 is 44.3 Å². The highest BCUT2D eigenvalue weighted by molar-refractivity contribution is 7.93. The lowest BCUT2D eigenvalue weighted by Crippen LogP contribution is -2.27. The molecule has 0 radical (unpaired) electrons. The number of aromatic carboxylic acids is 1. The van der Waals surface area contributed by atoms with Gasteiger partial charge in [0.2, 0.25) is 5.91 Å². The Morgan fingerprint density at radius 2 is 1.74 bits per heavy atom. The predicted octanol–water partition coefficient (Wildman–Crippen LogP) is 3.93. The zero-order valence-corrected chi connectivity index (χ0v) is 17.5. The quantitative estimate of drug-likeness (QED) is 0.467. The van der Waals surface area contributed by atoms with E-state index in [1.165, 1.54) is 18.3 Å². The number of hydrogen-bond acceptors (Lipinski definition) is 4. The molecular formula is C20H19F2N3O5S. The van der Waals surface area contributed by atoms with Gasteiger partial charge in [0.05, 0.1) is 11.3 Å². The number of H-pyrrole nitrogens is 1. The third-order valence-corrected chi connectivity index (χ3v) is 5.81. The molecule has 1 aromatic heterocycles. The maximum Gasteiger partial charge on any atom is 0.338 e. The molecule has 164 valence electrons. The lowest BCUT2D eigenvalue weighted by Gasteiger charge is -2.17. The molecule has 0 bridgehead atoms. The van der Waals surface area contributed by atoms with E-state index in [1.807, 2.05) is 4.72 Å². The third kappa shape index (κ3) is 4.50. The van der Waals surface area contributed by atoms with Crippen LogP contribution in [0, 0.1) is 17.0 Å². The molecule has 0 aliphatic carbocycles. The summed E-state index contributed by atoms with van der Waals surface area (Å²) < 4.78 is 55.4. The highest BCUT2D eigenvalue weighted by Crippen LogP contribution is 2.29. The average Bonchev–Trinajstić information content (AvgIpc) is 3.07. The Kier molecular flexibility index (Phi) is 5.49. The molecule has 3 rings (SSSR count). The number of fused-ring (bicyclic) bond motifs is 1. The number of carbonyl (C=O) groups is 2. The normalized spacial score (nSPS) is 12.0. The van der Waals surface area contributed by atoms with Gasteiger partial charge in [0, 0.05) is 34.3 Å². The Hall–Kier alpha value is -3.47. The van der Waals surface area contributed by atoms with E-state index in [2.05, 4.69) is 10.3 Å². The summed E-state index contributed by atoms with van der Waals surface area (Å²) in [4.78, 5) is 25.5. The molecule has 3 aromatic rings. The number of hydrogen-bond donors (Lipinski definition) is 4. The third-order valence-electron chi connectivity index (χ3n) is 4.40. The first-order chi connectivity index (χ1) is 14.3. The smallest absolute Gasteiger partial charge is 0.338 e. The van der Waals surface area contributed by atoms with E-state index in [-0.39, 0.29) is 16.2 Å². The number of rotatable bonds is 5. The molecule has 31 heavy (non-hydrogen) atoms. The van der Waals surface area contributed by atoms with E-state index in [9.17, 15) is 26.8 Å². The monoisotopic (exact) mass is 451 g/mol. The maximum atomic E-state index is 14.1. The number of carboxylic acids is 1. The van der Waals surface area contributed by atoms with Crippen molar-refractivity contribution >= 4 is 44.2 Å². The van der Waals surface area contributed by atoms with Crippen LogP contribution in [0.1, 0.15) is 31.1 Å². The summed E-state index contributed by atoms with van der Waals surface area (Å²) in [7, 11) is -4.35. The molecule has 0 saturated heterocycles. The predicted molar refractivity (Wildman–Crippen MR) is 111 cm³/mol. The van der Waals surface area contributed by atoms with Crippen LogP contribution in [0.2, 0.25) is 0 Å². The van der Waals surface area contributed by atoms with Crippen molar-refractivity contribution in [2.75, 3.05) is 10.0 Å². The second-order valence-corrected chi connectivity index (χ2v) is 9.49. The van der Waals surface area contributed by atoms with Gasteiger partial charge in [0.1, 0.15) is 16.5 Å². The topological polar surface area (TPSA) is 128 Å². The highest BCUT2D eigenvalue weighted by Gasteiger charge is 2.24. The first-order valence-corrected chi connectivity index (χ1v) is 10.5. The van der Waals surface area contributed by atoms with Crippen LogP contribution in [0.25, 0.3) is 10.9 Å². The van der Waals surface area contributed by atoms with Crippen molar-refractivity contribution in [2.45, 2.75) is 25.7 Å². The van der Waals surface area contributed by atoms with Crippen molar-refractivity contribution in [3.8, 4) is 0 Å². The zero-order valence-electron chi connectivity index (χ0n) is 16.7. The lowest BCUT2D eigenvalue weighted by molar-refractivity contribution is -0.123. The van der Waals surface area contributed by atoms with Gasteiger partial charge < -0.3 is 15.4 Å². The number of benzene rings is 2. The minimum absolute atomic E-state index is 0.227. The Morgan fingerprint density at radius 1 is 1.06 bits per heavy atom. The van der Waals surface area contributed by atoms with E-state index in [1.54, 1.807) is 26.8 Å². The van der Waals surface area contributed by atoms with E-state index in [0.29, 0.717) is 23.3 Å². The van der Waals surface area contributed by atoms with Gasteiger partial charge in [-0.1, -0.05) is 20.8 Å². The van der Waals surface area contributed by atoms with Crippen LogP contribution in [-0.4, -0.2) is 30.4 Å². The molecule has 11 heteroatoms. The van der Waals surface area contributed by atoms with Crippen molar-refractivity contribution in [1.29, 1.82) is 0 Å². The number of aromatic nitrogens is 1. The van der Waals surface area contributed by atoms with Gasteiger partial charge in [-0.2, -0.15) is 0 Å². The molecule has 4 N–H and O–H groups in total. The average molecular weight is 451 g/mol. The summed E-state index contributed by atoms with van der Waals surface area (Å²) in [5.74, 6) is -4.44. The fourth-order valence-electron chi connectivity index (χ4n) is 2.71. The minimum atomic E-state index is -4.35. The molecule has 0 unspecified atom stereocenters. The number of nitrogens with one attached hydrogen (secondary N) is 3. The van der Waals surface area contributed by atoms with Crippen LogP contribution in [0.15, 0.2) is 41.4 Å². The first-order valence-electron chi connectivity index (χ1n) is 8.97. The Bertz CT molecular complexity index is 1310. The van der Waals surface area contributed by atoms with Gasteiger partial charge in [0.15, 0.2) is 0 Å². The number of sulfonamides is 1. The molecule has 0 spiro atoms. The van der Waals surface area contributed by atoms with E-state index >= 15 is 0 Å².